The minimum atomic E-state index is -0.0245. The number of benzene rings is 2. The Hall–Kier alpha value is -2.80. The van der Waals surface area contributed by atoms with Crippen molar-refractivity contribution in [3.05, 3.63) is 59.2 Å². The Balaban J connectivity index is 1.95. The average Bonchev–Trinajstić information content (AvgIpc) is 2.51. The van der Waals surface area contributed by atoms with Crippen molar-refractivity contribution in [2.45, 2.75) is 13.8 Å². The molecule has 0 saturated heterocycles. The van der Waals surface area contributed by atoms with Gasteiger partial charge in [-0.2, -0.15) is 5.26 Å². The Morgan fingerprint density at radius 3 is 2.77 bits per heavy atom. The molecule has 0 fully saturated rings. The molecule has 0 aliphatic carbocycles. The summed E-state index contributed by atoms with van der Waals surface area (Å²) < 4.78 is 5.65. The number of hydrogen-bond acceptors (Lipinski definition) is 4. The zero-order chi connectivity index (χ0) is 15.9. The van der Waals surface area contributed by atoms with Crippen LogP contribution >= 0.6 is 0 Å². The molecule has 0 radical (unpaired) electrons. The van der Waals surface area contributed by atoms with Crippen molar-refractivity contribution in [2.75, 3.05) is 18.5 Å². The molecule has 22 heavy (non-hydrogen) atoms. The van der Waals surface area contributed by atoms with Gasteiger partial charge in [-0.1, -0.05) is 12.1 Å². The van der Waals surface area contributed by atoms with Crippen LogP contribution in [0.1, 0.15) is 28.4 Å². The topological polar surface area (TPSA) is 62.1 Å². The molecule has 2 aromatic carbocycles. The van der Waals surface area contributed by atoms with E-state index in [2.05, 4.69) is 11.4 Å². The van der Waals surface area contributed by atoms with Gasteiger partial charge >= 0.3 is 0 Å². The molecule has 1 N–H and O–H groups in total. The zero-order valence-corrected chi connectivity index (χ0v) is 12.7. The Bertz CT molecular complexity index is 717. The van der Waals surface area contributed by atoms with E-state index in [0.717, 1.165) is 11.3 Å². The zero-order valence-electron chi connectivity index (χ0n) is 12.7. The van der Waals surface area contributed by atoms with Gasteiger partial charge in [0.15, 0.2) is 5.78 Å². The van der Waals surface area contributed by atoms with E-state index in [1.54, 1.807) is 18.2 Å². The maximum absolute atomic E-state index is 11.4. The van der Waals surface area contributed by atoms with Crippen LogP contribution in [0.2, 0.25) is 0 Å². The monoisotopic (exact) mass is 294 g/mol. The van der Waals surface area contributed by atoms with E-state index in [-0.39, 0.29) is 5.78 Å². The summed E-state index contributed by atoms with van der Waals surface area (Å²) in [5.41, 5.74) is 2.90. The average molecular weight is 294 g/mol. The minimum Gasteiger partial charge on any atom is -0.492 e. The smallest absolute Gasteiger partial charge is 0.159 e. The van der Waals surface area contributed by atoms with E-state index in [1.807, 2.05) is 31.2 Å². The third-order valence-electron chi connectivity index (χ3n) is 3.22. The van der Waals surface area contributed by atoms with Gasteiger partial charge in [-0.15, -0.1) is 0 Å². The summed E-state index contributed by atoms with van der Waals surface area (Å²) in [5.74, 6) is 0.795. The van der Waals surface area contributed by atoms with Gasteiger partial charge in [0.05, 0.1) is 11.3 Å². The van der Waals surface area contributed by atoms with Gasteiger partial charge < -0.3 is 10.1 Å². The van der Waals surface area contributed by atoms with Gasteiger partial charge in [0.2, 0.25) is 0 Å². The maximum atomic E-state index is 11.4. The molecule has 4 heteroatoms. The van der Waals surface area contributed by atoms with Crippen LogP contribution < -0.4 is 10.1 Å². The number of nitrogens with one attached hydrogen (secondary N) is 1. The molecule has 2 aromatic rings. The first-order chi connectivity index (χ1) is 10.6. The fourth-order valence-electron chi connectivity index (χ4n) is 2.07. The van der Waals surface area contributed by atoms with Crippen molar-refractivity contribution in [1.82, 2.24) is 0 Å². The van der Waals surface area contributed by atoms with Crippen molar-refractivity contribution in [2.24, 2.45) is 0 Å². The number of hydrogen-bond donors (Lipinski definition) is 1. The van der Waals surface area contributed by atoms with Gasteiger partial charge in [-0.25, -0.2) is 0 Å². The van der Waals surface area contributed by atoms with Crippen molar-refractivity contribution >= 4 is 11.5 Å². The summed E-state index contributed by atoms with van der Waals surface area (Å²) in [6.45, 7) is 4.53. The lowest BCUT2D eigenvalue weighted by molar-refractivity contribution is 0.101. The molecule has 2 rings (SSSR count). The molecule has 0 aliphatic heterocycles. The molecular weight excluding hydrogens is 276 g/mol. The van der Waals surface area contributed by atoms with E-state index in [4.69, 9.17) is 10.00 Å². The number of ketones is 1. The first kappa shape index (κ1) is 15.6. The predicted octanol–water partition coefficient (Wildman–Crippen LogP) is 3.56. The van der Waals surface area contributed by atoms with Crippen molar-refractivity contribution in [3.8, 4) is 11.8 Å². The second-order valence-electron chi connectivity index (χ2n) is 5.02. The first-order valence-corrected chi connectivity index (χ1v) is 7.08. The Morgan fingerprint density at radius 1 is 1.27 bits per heavy atom. The number of ether oxygens (including phenoxy) is 1. The van der Waals surface area contributed by atoms with E-state index in [0.29, 0.717) is 30.0 Å². The molecule has 0 saturated carbocycles. The molecule has 0 heterocycles. The van der Waals surface area contributed by atoms with Crippen molar-refractivity contribution < 1.29 is 9.53 Å². The van der Waals surface area contributed by atoms with Gasteiger partial charge in [-0.05, 0) is 49.7 Å². The lowest BCUT2D eigenvalue weighted by Crippen LogP contribution is -2.12. The molecule has 112 valence electrons. The molecule has 0 bridgehead atoms. The van der Waals surface area contributed by atoms with E-state index in [1.165, 1.54) is 6.92 Å². The summed E-state index contributed by atoms with van der Waals surface area (Å²) >= 11 is 0. The van der Waals surface area contributed by atoms with Crippen molar-refractivity contribution in [1.29, 1.82) is 5.26 Å². The highest BCUT2D eigenvalue weighted by Crippen LogP contribution is 2.17. The summed E-state index contributed by atoms with van der Waals surface area (Å²) in [6.07, 6.45) is 0. The minimum absolute atomic E-state index is 0.0245. The molecular formula is C18H18N2O2. The fraction of sp³-hybridized carbons (Fsp3) is 0.222. The number of nitriles is 1. The van der Waals surface area contributed by atoms with E-state index < -0.39 is 0 Å². The molecule has 4 nitrogen and oxygen atoms in total. The number of anilines is 1. The number of nitrogens with zero attached hydrogens (tertiary/aromatic N) is 1. The van der Waals surface area contributed by atoms with Crippen molar-refractivity contribution in [3.63, 3.8) is 0 Å². The lowest BCUT2D eigenvalue weighted by atomic mass is 10.1. The summed E-state index contributed by atoms with van der Waals surface area (Å²) in [4.78, 5) is 11.4. The predicted molar refractivity (Wildman–Crippen MR) is 86.3 cm³/mol. The van der Waals surface area contributed by atoms with Crippen LogP contribution in [-0.4, -0.2) is 18.9 Å². The molecule has 0 atom stereocenters. The number of aryl methyl sites for hydroxylation is 1. The SMILES string of the molecule is CC(=O)c1ccc(C#N)c(NCCOc2cccc(C)c2)c1. The number of rotatable bonds is 6. The quantitative estimate of drug-likeness (QED) is 0.653. The van der Waals surface area contributed by atoms with Crippen LogP contribution in [0.5, 0.6) is 5.75 Å². The number of Topliss-reactive ketones (excluding diaryl/α,β-unsaturated/α-hetero) is 1. The highest BCUT2D eigenvalue weighted by Gasteiger charge is 2.06. The molecule has 0 amide bonds. The maximum Gasteiger partial charge on any atom is 0.159 e. The first-order valence-electron chi connectivity index (χ1n) is 7.08. The largest absolute Gasteiger partial charge is 0.492 e. The second kappa shape index (κ2) is 7.28. The second-order valence-corrected chi connectivity index (χ2v) is 5.02. The lowest BCUT2D eigenvalue weighted by Gasteiger charge is -2.11. The molecule has 0 aliphatic rings. The standard InChI is InChI=1S/C18H18N2O2/c1-13-4-3-5-17(10-13)22-9-8-20-18-11-15(14(2)21)6-7-16(18)12-19/h3-7,10-11,20H,8-9H2,1-2H3. The van der Waals surface area contributed by atoms with Crippen LogP contribution in [0.3, 0.4) is 0 Å². The van der Waals surface area contributed by atoms with Gasteiger partial charge in [0, 0.05) is 12.1 Å². The van der Waals surface area contributed by atoms with Gasteiger partial charge in [-0.3, -0.25) is 4.79 Å². The van der Waals surface area contributed by atoms with Crippen LogP contribution in [0.25, 0.3) is 0 Å². The molecule has 0 spiro atoms. The van der Waals surface area contributed by atoms with E-state index in [9.17, 15) is 4.79 Å². The van der Waals surface area contributed by atoms with Gasteiger partial charge in [0.1, 0.15) is 18.4 Å². The van der Waals surface area contributed by atoms with Gasteiger partial charge in [0.25, 0.3) is 0 Å². The highest BCUT2D eigenvalue weighted by atomic mass is 16.5. The normalized spacial score (nSPS) is 9.86. The fourth-order valence-corrected chi connectivity index (χ4v) is 2.07. The molecule has 0 unspecified atom stereocenters. The van der Waals surface area contributed by atoms with Crippen LogP contribution in [0.4, 0.5) is 5.69 Å². The van der Waals surface area contributed by atoms with Crippen LogP contribution in [-0.2, 0) is 0 Å². The third-order valence-corrected chi connectivity index (χ3v) is 3.22. The van der Waals surface area contributed by atoms with Crippen LogP contribution in [0.15, 0.2) is 42.5 Å². The summed E-state index contributed by atoms with van der Waals surface area (Å²) in [6, 6.07) is 15.0. The van der Waals surface area contributed by atoms with Crippen LogP contribution in [0, 0.1) is 18.3 Å². The third kappa shape index (κ3) is 4.10. The summed E-state index contributed by atoms with van der Waals surface area (Å²) in [7, 11) is 0. The highest BCUT2D eigenvalue weighted by molar-refractivity contribution is 5.95. The summed E-state index contributed by atoms with van der Waals surface area (Å²) in [5, 5.41) is 12.3. The Labute approximate surface area is 130 Å². The Morgan fingerprint density at radius 2 is 2.09 bits per heavy atom. The number of carbonyl (C=O) groups is 1. The van der Waals surface area contributed by atoms with E-state index >= 15 is 0 Å². The Kier molecular flexibility index (Phi) is 5.16. The molecule has 0 aromatic heterocycles. The number of carbonyl (C=O) groups excluding carboxylic acids is 1.